The molecule has 0 amide bonds. The lowest BCUT2D eigenvalue weighted by Crippen LogP contribution is -2.36. The van der Waals surface area contributed by atoms with E-state index in [1.165, 1.54) is 6.07 Å². The van der Waals surface area contributed by atoms with Gasteiger partial charge in [0.2, 0.25) is 0 Å². The third-order valence-electron chi connectivity index (χ3n) is 3.90. The van der Waals surface area contributed by atoms with Crippen molar-refractivity contribution in [3.05, 3.63) is 59.4 Å². The maximum Gasteiger partial charge on any atom is 0.191 e. The number of halogens is 1. The molecule has 0 aliphatic rings. The maximum atomic E-state index is 14.1. The molecular formula is C20H27FN4O. The first-order valence-corrected chi connectivity index (χ1v) is 8.65. The Morgan fingerprint density at radius 1 is 1.15 bits per heavy atom. The molecule has 6 heteroatoms. The van der Waals surface area contributed by atoms with E-state index in [1.54, 1.807) is 18.1 Å². The minimum Gasteiger partial charge on any atom is -0.496 e. The Morgan fingerprint density at radius 3 is 2.58 bits per heavy atom. The number of guanidine groups is 1. The molecule has 2 N–H and O–H groups in total. The number of ether oxygens (including phenoxy) is 1. The number of benzene rings is 2. The number of rotatable bonds is 7. The van der Waals surface area contributed by atoms with Crippen molar-refractivity contribution in [1.82, 2.24) is 10.6 Å². The van der Waals surface area contributed by atoms with E-state index >= 15 is 0 Å². The Bertz CT molecular complexity index is 746. The first-order chi connectivity index (χ1) is 12.5. The van der Waals surface area contributed by atoms with Gasteiger partial charge in [-0.05, 0) is 30.7 Å². The van der Waals surface area contributed by atoms with E-state index in [-0.39, 0.29) is 5.82 Å². The summed E-state index contributed by atoms with van der Waals surface area (Å²) in [4.78, 5) is 6.29. The minimum absolute atomic E-state index is 0.241. The molecule has 0 bridgehead atoms. The molecule has 0 atom stereocenters. The zero-order chi connectivity index (χ0) is 18.9. The van der Waals surface area contributed by atoms with Crippen LogP contribution in [0.3, 0.4) is 0 Å². The summed E-state index contributed by atoms with van der Waals surface area (Å²) in [6.45, 7) is 3.73. The van der Waals surface area contributed by atoms with E-state index in [2.05, 4.69) is 15.6 Å². The number of anilines is 1. The highest BCUT2D eigenvalue weighted by Crippen LogP contribution is 2.19. The normalized spacial score (nSPS) is 11.2. The highest BCUT2D eigenvalue weighted by atomic mass is 19.1. The van der Waals surface area contributed by atoms with E-state index in [0.29, 0.717) is 24.7 Å². The van der Waals surface area contributed by atoms with Gasteiger partial charge in [0.25, 0.3) is 0 Å². The molecule has 0 spiro atoms. The van der Waals surface area contributed by atoms with Crippen LogP contribution in [0.1, 0.15) is 18.1 Å². The quantitative estimate of drug-likeness (QED) is 0.590. The summed E-state index contributed by atoms with van der Waals surface area (Å²) >= 11 is 0. The molecule has 0 aliphatic carbocycles. The van der Waals surface area contributed by atoms with Crippen molar-refractivity contribution in [1.29, 1.82) is 0 Å². The van der Waals surface area contributed by atoms with Gasteiger partial charge in [0.15, 0.2) is 5.96 Å². The molecule has 0 aromatic heterocycles. The zero-order valence-electron chi connectivity index (χ0n) is 15.8. The van der Waals surface area contributed by atoms with Crippen molar-refractivity contribution >= 4 is 11.6 Å². The molecule has 0 saturated heterocycles. The van der Waals surface area contributed by atoms with Crippen molar-refractivity contribution in [2.75, 3.05) is 32.6 Å². The van der Waals surface area contributed by atoms with Crippen LogP contribution >= 0.6 is 0 Å². The van der Waals surface area contributed by atoms with Gasteiger partial charge in [-0.2, -0.15) is 0 Å². The van der Waals surface area contributed by atoms with Crippen molar-refractivity contribution in [2.45, 2.75) is 20.0 Å². The number of para-hydroxylation sites is 1. The summed E-state index contributed by atoms with van der Waals surface area (Å²) in [5.41, 5.74) is 2.43. The largest absolute Gasteiger partial charge is 0.496 e. The molecule has 26 heavy (non-hydrogen) atoms. The maximum absolute atomic E-state index is 14.1. The van der Waals surface area contributed by atoms with Crippen molar-refractivity contribution in [3.63, 3.8) is 0 Å². The summed E-state index contributed by atoms with van der Waals surface area (Å²) in [6.07, 6.45) is 0. The molecule has 0 unspecified atom stereocenters. The van der Waals surface area contributed by atoms with Gasteiger partial charge in [-0.3, -0.25) is 0 Å². The SMILES string of the molecule is CCNC(=NCc1ccc(N(C)C)c(F)c1)NCc1ccccc1OC. The van der Waals surface area contributed by atoms with Gasteiger partial charge in [0.1, 0.15) is 11.6 Å². The number of aliphatic imine (C=N–C) groups is 1. The number of hydrogen-bond acceptors (Lipinski definition) is 3. The number of nitrogens with zero attached hydrogens (tertiary/aromatic N) is 2. The van der Waals surface area contributed by atoms with Gasteiger partial charge in [-0.1, -0.05) is 24.3 Å². The van der Waals surface area contributed by atoms with Gasteiger partial charge < -0.3 is 20.3 Å². The van der Waals surface area contributed by atoms with Crippen molar-refractivity contribution < 1.29 is 9.13 Å². The van der Waals surface area contributed by atoms with E-state index in [1.807, 2.05) is 51.4 Å². The lowest BCUT2D eigenvalue weighted by Gasteiger charge is -2.15. The van der Waals surface area contributed by atoms with Crippen LogP contribution in [0.4, 0.5) is 10.1 Å². The van der Waals surface area contributed by atoms with Crippen molar-refractivity contribution in [3.8, 4) is 5.75 Å². The van der Waals surface area contributed by atoms with Crippen LogP contribution < -0.4 is 20.3 Å². The summed E-state index contributed by atoms with van der Waals surface area (Å²) < 4.78 is 19.5. The summed E-state index contributed by atoms with van der Waals surface area (Å²) in [6, 6.07) is 13.0. The van der Waals surface area contributed by atoms with Gasteiger partial charge in [-0.15, -0.1) is 0 Å². The van der Waals surface area contributed by atoms with Gasteiger partial charge in [-0.25, -0.2) is 9.38 Å². The van der Waals surface area contributed by atoms with Crippen LogP contribution in [0.2, 0.25) is 0 Å². The fraction of sp³-hybridized carbons (Fsp3) is 0.350. The first-order valence-electron chi connectivity index (χ1n) is 8.65. The molecule has 2 aromatic carbocycles. The Morgan fingerprint density at radius 2 is 1.92 bits per heavy atom. The number of methoxy groups -OCH3 is 1. The second kappa shape index (κ2) is 9.65. The molecule has 2 aromatic rings. The Labute approximate surface area is 154 Å². The average Bonchev–Trinajstić information content (AvgIpc) is 2.64. The standard InChI is InChI=1S/C20H27FN4O/c1-5-22-20(24-14-16-8-6-7-9-19(16)26-4)23-13-15-10-11-18(25(2)3)17(21)12-15/h6-12H,5,13-14H2,1-4H3,(H2,22,23,24). The first kappa shape index (κ1) is 19.6. The predicted molar refractivity (Wildman–Crippen MR) is 105 cm³/mol. The van der Waals surface area contributed by atoms with Gasteiger partial charge >= 0.3 is 0 Å². The molecule has 0 radical (unpaired) electrons. The van der Waals surface area contributed by atoms with Crippen LogP contribution in [0.25, 0.3) is 0 Å². The van der Waals surface area contributed by atoms with Crippen LogP contribution in [-0.4, -0.2) is 33.7 Å². The van der Waals surface area contributed by atoms with E-state index < -0.39 is 0 Å². The highest BCUT2D eigenvalue weighted by molar-refractivity contribution is 5.79. The summed E-state index contributed by atoms with van der Waals surface area (Å²) in [5.74, 6) is 1.27. The Hall–Kier alpha value is -2.76. The number of hydrogen-bond donors (Lipinski definition) is 2. The third kappa shape index (κ3) is 5.37. The molecular weight excluding hydrogens is 331 g/mol. The summed E-state index contributed by atoms with van der Waals surface area (Å²) in [5, 5.41) is 6.48. The summed E-state index contributed by atoms with van der Waals surface area (Å²) in [7, 11) is 5.30. The molecule has 5 nitrogen and oxygen atoms in total. The lowest BCUT2D eigenvalue weighted by molar-refractivity contribution is 0.409. The van der Waals surface area contributed by atoms with Crippen LogP contribution in [0.5, 0.6) is 5.75 Å². The predicted octanol–water partition coefficient (Wildman–Crippen LogP) is 3.16. The van der Waals surface area contributed by atoms with E-state index in [4.69, 9.17) is 4.74 Å². The Balaban J connectivity index is 2.05. The smallest absolute Gasteiger partial charge is 0.191 e. The third-order valence-corrected chi connectivity index (χ3v) is 3.90. The molecule has 0 saturated carbocycles. The molecule has 0 aliphatic heterocycles. The van der Waals surface area contributed by atoms with Crippen LogP contribution in [0, 0.1) is 5.82 Å². The second-order valence-electron chi connectivity index (χ2n) is 6.04. The molecule has 0 heterocycles. The van der Waals surface area contributed by atoms with Crippen LogP contribution in [0.15, 0.2) is 47.5 Å². The zero-order valence-corrected chi connectivity index (χ0v) is 15.8. The highest BCUT2D eigenvalue weighted by Gasteiger charge is 2.06. The monoisotopic (exact) mass is 358 g/mol. The molecule has 0 fully saturated rings. The van der Waals surface area contributed by atoms with E-state index in [9.17, 15) is 4.39 Å². The topological polar surface area (TPSA) is 48.9 Å². The minimum atomic E-state index is -0.241. The van der Waals surface area contributed by atoms with Crippen molar-refractivity contribution in [2.24, 2.45) is 4.99 Å². The molecule has 140 valence electrons. The second-order valence-corrected chi connectivity index (χ2v) is 6.04. The average molecular weight is 358 g/mol. The van der Waals surface area contributed by atoms with Gasteiger partial charge in [0.05, 0.1) is 19.3 Å². The fourth-order valence-corrected chi connectivity index (χ4v) is 2.55. The van der Waals surface area contributed by atoms with Gasteiger partial charge in [0, 0.05) is 32.7 Å². The Kier molecular flexibility index (Phi) is 7.26. The fourth-order valence-electron chi connectivity index (χ4n) is 2.55. The van der Waals surface area contributed by atoms with E-state index in [0.717, 1.165) is 23.4 Å². The number of nitrogens with one attached hydrogen (secondary N) is 2. The lowest BCUT2D eigenvalue weighted by atomic mass is 10.2. The molecule has 2 rings (SSSR count). The van der Waals surface area contributed by atoms with Crippen LogP contribution in [-0.2, 0) is 13.1 Å².